The van der Waals surface area contributed by atoms with E-state index >= 15 is 0 Å². The first-order valence-corrected chi connectivity index (χ1v) is 6.99. The SMILES string of the molecule is CCCNC(CC(C)C)c1ccc(CC)cc1. The Kier molecular flexibility index (Phi) is 6.28. The molecule has 1 unspecified atom stereocenters. The Labute approximate surface area is 107 Å². The third-order valence-electron chi connectivity index (χ3n) is 3.14. The molecular formula is C16H27N. The molecule has 0 amide bonds. The monoisotopic (exact) mass is 233 g/mol. The molecule has 0 heterocycles. The van der Waals surface area contributed by atoms with E-state index in [1.807, 2.05) is 0 Å². The molecule has 1 aromatic carbocycles. The van der Waals surface area contributed by atoms with Crippen LogP contribution in [0.15, 0.2) is 24.3 Å². The van der Waals surface area contributed by atoms with Crippen LogP contribution in [-0.4, -0.2) is 6.54 Å². The third kappa shape index (κ3) is 4.91. The van der Waals surface area contributed by atoms with Crippen molar-refractivity contribution in [1.29, 1.82) is 0 Å². The van der Waals surface area contributed by atoms with E-state index in [0.717, 1.165) is 18.9 Å². The van der Waals surface area contributed by atoms with E-state index < -0.39 is 0 Å². The quantitative estimate of drug-likeness (QED) is 0.739. The lowest BCUT2D eigenvalue weighted by atomic mass is 9.96. The Morgan fingerprint density at radius 1 is 1.06 bits per heavy atom. The number of hydrogen-bond donors (Lipinski definition) is 1. The lowest BCUT2D eigenvalue weighted by Crippen LogP contribution is -2.23. The Balaban J connectivity index is 2.72. The van der Waals surface area contributed by atoms with Gasteiger partial charge in [0.1, 0.15) is 0 Å². The second kappa shape index (κ2) is 7.50. The molecule has 0 spiro atoms. The second-order valence-corrected chi connectivity index (χ2v) is 5.23. The van der Waals surface area contributed by atoms with Gasteiger partial charge in [-0.3, -0.25) is 0 Å². The van der Waals surface area contributed by atoms with Crippen LogP contribution in [0, 0.1) is 5.92 Å². The van der Waals surface area contributed by atoms with Crippen molar-refractivity contribution in [2.24, 2.45) is 5.92 Å². The van der Waals surface area contributed by atoms with Crippen LogP contribution in [0.5, 0.6) is 0 Å². The molecule has 0 aliphatic carbocycles. The van der Waals surface area contributed by atoms with Crippen LogP contribution in [0.2, 0.25) is 0 Å². The minimum atomic E-state index is 0.515. The van der Waals surface area contributed by atoms with Gasteiger partial charge in [-0.15, -0.1) is 0 Å². The Bertz CT molecular complexity index is 300. The number of nitrogens with one attached hydrogen (secondary N) is 1. The summed E-state index contributed by atoms with van der Waals surface area (Å²) in [7, 11) is 0. The highest BCUT2D eigenvalue weighted by molar-refractivity contribution is 5.25. The summed E-state index contributed by atoms with van der Waals surface area (Å²) in [5, 5.41) is 3.65. The molecule has 0 aromatic heterocycles. The van der Waals surface area contributed by atoms with E-state index in [4.69, 9.17) is 0 Å². The Morgan fingerprint density at radius 3 is 2.18 bits per heavy atom. The average Bonchev–Trinajstić information content (AvgIpc) is 2.34. The molecular weight excluding hydrogens is 206 g/mol. The van der Waals surface area contributed by atoms with Crippen molar-refractivity contribution in [3.8, 4) is 0 Å². The van der Waals surface area contributed by atoms with E-state index in [9.17, 15) is 0 Å². The van der Waals surface area contributed by atoms with Crippen LogP contribution >= 0.6 is 0 Å². The molecule has 0 aliphatic heterocycles. The molecule has 0 radical (unpaired) electrons. The van der Waals surface area contributed by atoms with Crippen LogP contribution in [-0.2, 0) is 6.42 Å². The highest BCUT2D eigenvalue weighted by atomic mass is 14.9. The molecule has 1 aromatic rings. The van der Waals surface area contributed by atoms with Gasteiger partial charge in [-0.25, -0.2) is 0 Å². The van der Waals surface area contributed by atoms with Crippen molar-refractivity contribution >= 4 is 0 Å². The van der Waals surface area contributed by atoms with E-state index in [1.54, 1.807) is 0 Å². The number of aryl methyl sites for hydroxylation is 1. The van der Waals surface area contributed by atoms with Gasteiger partial charge in [0.15, 0.2) is 0 Å². The van der Waals surface area contributed by atoms with Gasteiger partial charge < -0.3 is 5.32 Å². The molecule has 0 saturated heterocycles. The molecule has 0 aliphatic rings. The first-order valence-electron chi connectivity index (χ1n) is 6.99. The molecule has 0 bridgehead atoms. The summed E-state index contributed by atoms with van der Waals surface area (Å²) in [6.45, 7) is 10.1. The molecule has 0 fully saturated rings. The summed E-state index contributed by atoms with van der Waals surface area (Å²) in [5.41, 5.74) is 2.86. The summed E-state index contributed by atoms with van der Waals surface area (Å²) in [6, 6.07) is 9.61. The maximum Gasteiger partial charge on any atom is 0.0322 e. The fourth-order valence-corrected chi connectivity index (χ4v) is 2.11. The minimum absolute atomic E-state index is 0.515. The second-order valence-electron chi connectivity index (χ2n) is 5.23. The van der Waals surface area contributed by atoms with Crippen LogP contribution in [0.1, 0.15) is 57.7 Å². The standard InChI is InChI=1S/C16H27N/c1-5-11-17-16(12-13(3)4)15-9-7-14(6-2)8-10-15/h7-10,13,16-17H,5-6,11-12H2,1-4H3. The van der Waals surface area contributed by atoms with Gasteiger partial charge >= 0.3 is 0 Å². The van der Waals surface area contributed by atoms with E-state index in [1.165, 1.54) is 24.0 Å². The van der Waals surface area contributed by atoms with Gasteiger partial charge in [0.05, 0.1) is 0 Å². The molecule has 1 N–H and O–H groups in total. The third-order valence-corrected chi connectivity index (χ3v) is 3.14. The maximum absolute atomic E-state index is 3.65. The number of benzene rings is 1. The van der Waals surface area contributed by atoms with Gasteiger partial charge in [-0.2, -0.15) is 0 Å². The normalized spacial score (nSPS) is 13.0. The van der Waals surface area contributed by atoms with Crippen molar-refractivity contribution in [3.05, 3.63) is 35.4 Å². The van der Waals surface area contributed by atoms with E-state index in [0.29, 0.717) is 6.04 Å². The minimum Gasteiger partial charge on any atom is -0.310 e. The first kappa shape index (κ1) is 14.2. The molecule has 1 atom stereocenters. The lowest BCUT2D eigenvalue weighted by Gasteiger charge is -2.21. The van der Waals surface area contributed by atoms with Crippen molar-refractivity contribution in [2.75, 3.05) is 6.54 Å². The molecule has 1 nitrogen and oxygen atoms in total. The lowest BCUT2D eigenvalue weighted by molar-refractivity contribution is 0.430. The van der Waals surface area contributed by atoms with Crippen LogP contribution in [0.4, 0.5) is 0 Å². The van der Waals surface area contributed by atoms with Crippen LogP contribution < -0.4 is 5.32 Å². The largest absolute Gasteiger partial charge is 0.310 e. The first-order chi connectivity index (χ1) is 8.17. The molecule has 1 heteroatoms. The number of hydrogen-bond acceptors (Lipinski definition) is 1. The summed E-state index contributed by atoms with van der Waals surface area (Å²) >= 11 is 0. The topological polar surface area (TPSA) is 12.0 Å². The number of rotatable bonds is 7. The predicted molar refractivity (Wildman–Crippen MR) is 76.3 cm³/mol. The fourth-order valence-electron chi connectivity index (χ4n) is 2.11. The van der Waals surface area contributed by atoms with Crippen molar-refractivity contribution in [3.63, 3.8) is 0 Å². The van der Waals surface area contributed by atoms with E-state index in [2.05, 4.69) is 57.3 Å². The maximum atomic E-state index is 3.65. The van der Waals surface area contributed by atoms with Crippen LogP contribution in [0.3, 0.4) is 0 Å². The highest BCUT2D eigenvalue weighted by Crippen LogP contribution is 2.21. The zero-order chi connectivity index (χ0) is 12.7. The Morgan fingerprint density at radius 2 is 1.71 bits per heavy atom. The molecule has 96 valence electrons. The van der Waals surface area contributed by atoms with Crippen LogP contribution in [0.25, 0.3) is 0 Å². The summed E-state index contributed by atoms with van der Waals surface area (Å²) in [4.78, 5) is 0. The van der Waals surface area contributed by atoms with Crippen molar-refractivity contribution < 1.29 is 0 Å². The van der Waals surface area contributed by atoms with Gasteiger partial charge in [-0.05, 0) is 42.9 Å². The average molecular weight is 233 g/mol. The zero-order valence-electron chi connectivity index (χ0n) is 11.8. The fraction of sp³-hybridized carbons (Fsp3) is 0.625. The summed E-state index contributed by atoms with van der Waals surface area (Å²) in [5.74, 6) is 0.732. The van der Waals surface area contributed by atoms with Gasteiger partial charge in [-0.1, -0.05) is 52.0 Å². The van der Waals surface area contributed by atoms with Gasteiger partial charge in [0, 0.05) is 6.04 Å². The highest BCUT2D eigenvalue weighted by Gasteiger charge is 2.12. The molecule has 0 saturated carbocycles. The Hall–Kier alpha value is -0.820. The predicted octanol–water partition coefficient (Wildman–Crippen LogP) is 4.34. The van der Waals surface area contributed by atoms with Gasteiger partial charge in [0.25, 0.3) is 0 Å². The van der Waals surface area contributed by atoms with E-state index in [-0.39, 0.29) is 0 Å². The summed E-state index contributed by atoms with van der Waals surface area (Å²) < 4.78 is 0. The van der Waals surface area contributed by atoms with Crippen molar-refractivity contribution in [2.45, 2.75) is 53.0 Å². The zero-order valence-corrected chi connectivity index (χ0v) is 11.8. The molecule has 17 heavy (non-hydrogen) atoms. The van der Waals surface area contributed by atoms with Crippen molar-refractivity contribution in [1.82, 2.24) is 5.32 Å². The van der Waals surface area contributed by atoms with Gasteiger partial charge in [0.2, 0.25) is 0 Å². The summed E-state index contributed by atoms with van der Waals surface area (Å²) in [6.07, 6.45) is 3.53. The molecule has 1 rings (SSSR count). The smallest absolute Gasteiger partial charge is 0.0322 e.